The van der Waals surface area contributed by atoms with Crippen LogP contribution >= 0.6 is 0 Å². The summed E-state index contributed by atoms with van der Waals surface area (Å²) in [5.41, 5.74) is 0.822. The van der Waals surface area contributed by atoms with E-state index < -0.39 is 0 Å². The van der Waals surface area contributed by atoms with E-state index in [2.05, 4.69) is 11.1 Å². The lowest BCUT2D eigenvalue weighted by atomic mass is 10.2. The van der Waals surface area contributed by atoms with Crippen molar-refractivity contribution in [3.63, 3.8) is 0 Å². The Hall–Kier alpha value is -1.47. The first-order chi connectivity index (χ1) is 7.11. The summed E-state index contributed by atoms with van der Waals surface area (Å²) < 4.78 is 12.8. The largest absolute Gasteiger partial charge is 0.301 e. The number of rotatable bonds is 4. The van der Waals surface area contributed by atoms with Crippen molar-refractivity contribution in [2.45, 2.75) is 13.5 Å². The predicted octanol–water partition coefficient (Wildman–Crippen LogP) is 1.81. The molecule has 0 amide bonds. The van der Waals surface area contributed by atoms with Gasteiger partial charge in [-0.05, 0) is 25.6 Å². The smallest absolute Gasteiger partial charge is 0.141 e. The van der Waals surface area contributed by atoms with E-state index in [1.54, 1.807) is 6.20 Å². The van der Waals surface area contributed by atoms with Gasteiger partial charge < -0.3 is 4.90 Å². The molecule has 0 aliphatic heterocycles. The van der Waals surface area contributed by atoms with Gasteiger partial charge in [0.05, 0.1) is 18.2 Å². The Morgan fingerprint density at radius 3 is 2.93 bits per heavy atom. The quantitative estimate of drug-likeness (QED) is 0.756. The fourth-order valence-corrected chi connectivity index (χ4v) is 1.43. The molecule has 1 atom stereocenters. The zero-order chi connectivity index (χ0) is 11.3. The molecule has 0 aliphatic rings. The maximum Gasteiger partial charge on any atom is 0.141 e. The second-order valence-corrected chi connectivity index (χ2v) is 3.74. The molecule has 1 heterocycles. The van der Waals surface area contributed by atoms with Gasteiger partial charge in [-0.1, -0.05) is 0 Å². The minimum Gasteiger partial charge on any atom is -0.301 e. The number of nitriles is 1. The minimum atomic E-state index is -0.325. The van der Waals surface area contributed by atoms with Crippen molar-refractivity contribution >= 4 is 0 Å². The summed E-state index contributed by atoms with van der Waals surface area (Å²) >= 11 is 0. The first-order valence-corrected chi connectivity index (χ1v) is 4.79. The van der Waals surface area contributed by atoms with Crippen molar-refractivity contribution < 1.29 is 4.39 Å². The Balaban J connectivity index is 2.52. The Morgan fingerprint density at radius 2 is 2.33 bits per heavy atom. The first kappa shape index (κ1) is 11.6. The lowest BCUT2D eigenvalue weighted by molar-refractivity contribution is 0.302. The number of aromatic nitrogens is 1. The van der Waals surface area contributed by atoms with Crippen LogP contribution in [0.25, 0.3) is 0 Å². The van der Waals surface area contributed by atoms with E-state index in [4.69, 9.17) is 5.26 Å². The van der Waals surface area contributed by atoms with Crippen LogP contribution in [0.4, 0.5) is 4.39 Å². The highest BCUT2D eigenvalue weighted by molar-refractivity contribution is 5.09. The lowest BCUT2D eigenvalue weighted by Gasteiger charge is -2.17. The van der Waals surface area contributed by atoms with Gasteiger partial charge in [0, 0.05) is 19.3 Å². The van der Waals surface area contributed by atoms with Crippen LogP contribution in [0.2, 0.25) is 0 Å². The van der Waals surface area contributed by atoms with Crippen molar-refractivity contribution in [2.75, 3.05) is 13.6 Å². The highest BCUT2D eigenvalue weighted by atomic mass is 19.1. The molecule has 0 aromatic carbocycles. The second-order valence-electron chi connectivity index (χ2n) is 3.74. The molecule has 1 unspecified atom stereocenters. The van der Waals surface area contributed by atoms with E-state index >= 15 is 0 Å². The van der Waals surface area contributed by atoms with Gasteiger partial charge in [0.15, 0.2) is 0 Å². The van der Waals surface area contributed by atoms with E-state index in [9.17, 15) is 4.39 Å². The van der Waals surface area contributed by atoms with Crippen LogP contribution in [-0.2, 0) is 6.54 Å². The Bertz CT molecular complexity index is 359. The molecule has 0 spiro atoms. The van der Waals surface area contributed by atoms with Gasteiger partial charge in [-0.3, -0.25) is 4.98 Å². The van der Waals surface area contributed by atoms with Crippen molar-refractivity contribution in [3.05, 3.63) is 29.8 Å². The number of hydrogen-bond acceptors (Lipinski definition) is 3. The predicted molar refractivity (Wildman–Crippen MR) is 55.3 cm³/mol. The van der Waals surface area contributed by atoms with Gasteiger partial charge in [-0.2, -0.15) is 5.26 Å². The van der Waals surface area contributed by atoms with Crippen molar-refractivity contribution in [2.24, 2.45) is 5.92 Å². The monoisotopic (exact) mass is 207 g/mol. The van der Waals surface area contributed by atoms with Gasteiger partial charge >= 0.3 is 0 Å². The molecule has 0 saturated carbocycles. The molecule has 0 fully saturated rings. The highest BCUT2D eigenvalue weighted by Gasteiger charge is 2.06. The van der Waals surface area contributed by atoms with E-state index in [1.165, 1.54) is 12.3 Å². The molecular weight excluding hydrogens is 193 g/mol. The maximum absolute atomic E-state index is 12.8. The van der Waals surface area contributed by atoms with Gasteiger partial charge in [-0.15, -0.1) is 0 Å². The molecule has 3 nitrogen and oxygen atoms in total. The molecule has 0 aliphatic carbocycles. The van der Waals surface area contributed by atoms with Crippen LogP contribution in [0, 0.1) is 23.1 Å². The summed E-state index contributed by atoms with van der Waals surface area (Å²) in [6.45, 7) is 3.14. The Kier molecular flexibility index (Phi) is 4.19. The Morgan fingerprint density at radius 1 is 1.60 bits per heavy atom. The summed E-state index contributed by atoms with van der Waals surface area (Å²) in [7, 11) is 1.90. The molecule has 1 rings (SSSR count). The average molecular weight is 207 g/mol. The summed E-state index contributed by atoms with van der Waals surface area (Å²) in [5, 5.41) is 8.64. The molecule has 1 aromatic rings. The average Bonchev–Trinajstić information content (AvgIpc) is 2.17. The lowest BCUT2D eigenvalue weighted by Crippen LogP contribution is -2.23. The second kappa shape index (κ2) is 5.42. The van der Waals surface area contributed by atoms with Crippen LogP contribution in [0.3, 0.4) is 0 Å². The third-order valence-electron chi connectivity index (χ3n) is 2.02. The SMILES string of the molecule is CC(C#N)CN(C)Cc1cncc(F)c1. The van der Waals surface area contributed by atoms with Gasteiger partial charge in [-0.25, -0.2) is 4.39 Å². The number of halogens is 1. The van der Waals surface area contributed by atoms with Crippen molar-refractivity contribution in [1.29, 1.82) is 5.26 Å². The van der Waals surface area contributed by atoms with Crippen molar-refractivity contribution in [1.82, 2.24) is 9.88 Å². The van der Waals surface area contributed by atoms with Crippen LogP contribution in [0.1, 0.15) is 12.5 Å². The zero-order valence-corrected chi connectivity index (χ0v) is 8.94. The standard InChI is InChI=1S/C11H14FN3/c1-9(4-13)7-15(2)8-10-3-11(12)6-14-5-10/h3,5-6,9H,7-8H2,1-2H3. The van der Waals surface area contributed by atoms with Gasteiger partial charge in [0.2, 0.25) is 0 Å². The maximum atomic E-state index is 12.8. The van der Waals surface area contributed by atoms with Gasteiger partial charge in [0.25, 0.3) is 0 Å². The van der Waals surface area contributed by atoms with E-state index in [0.717, 1.165) is 5.56 Å². The normalized spacial score (nSPS) is 12.5. The number of pyridine rings is 1. The van der Waals surface area contributed by atoms with Crippen LogP contribution < -0.4 is 0 Å². The van der Waals surface area contributed by atoms with Crippen LogP contribution in [0.5, 0.6) is 0 Å². The fraction of sp³-hybridized carbons (Fsp3) is 0.455. The van der Waals surface area contributed by atoms with E-state index in [1.807, 2.05) is 18.9 Å². The van der Waals surface area contributed by atoms with E-state index in [-0.39, 0.29) is 11.7 Å². The molecule has 0 bridgehead atoms. The molecule has 0 saturated heterocycles. The molecule has 1 aromatic heterocycles. The third kappa shape index (κ3) is 4.05. The van der Waals surface area contributed by atoms with Crippen LogP contribution in [0.15, 0.2) is 18.5 Å². The molecule has 15 heavy (non-hydrogen) atoms. The summed E-state index contributed by atoms with van der Waals surface area (Å²) in [6, 6.07) is 3.62. The van der Waals surface area contributed by atoms with Gasteiger partial charge in [0.1, 0.15) is 5.82 Å². The van der Waals surface area contributed by atoms with E-state index in [0.29, 0.717) is 13.1 Å². The molecule has 80 valence electrons. The fourth-order valence-electron chi connectivity index (χ4n) is 1.43. The topological polar surface area (TPSA) is 39.9 Å². The molecule has 0 N–H and O–H groups in total. The molecule has 4 heteroatoms. The summed E-state index contributed by atoms with van der Waals surface area (Å²) in [5.74, 6) is -0.342. The molecular formula is C11H14FN3. The first-order valence-electron chi connectivity index (χ1n) is 4.79. The summed E-state index contributed by atoms with van der Waals surface area (Å²) in [4.78, 5) is 5.75. The number of hydrogen-bond donors (Lipinski definition) is 0. The zero-order valence-electron chi connectivity index (χ0n) is 8.94. The van der Waals surface area contributed by atoms with Crippen molar-refractivity contribution in [3.8, 4) is 6.07 Å². The molecule has 0 radical (unpaired) electrons. The number of nitrogens with zero attached hydrogens (tertiary/aromatic N) is 3. The highest BCUT2D eigenvalue weighted by Crippen LogP contribution is 2.05. The summed E-state index contributed by atoms with van der Waals surface area (Å²) in [6.07, 6.45) is 2.82. The van der Waals surface area contributed by atoms with Crippen LogP contribution in [-0.4, -0.2) is 23.5 Å². The Labute approximate surface area is 89.2 Å². The minimum absolute atomic E-state index is 0.0171. The third-order valence-corrected chi connectivity index (χ3v) is 2.02.